The first-order chi connectivity index (χ1) is 12.0. The smallest absolute Gasteiger partial charge is 0.231 e. The van der Waals surface area contributed by atoms with Gasteiger partial charge >= 0.3 is 0 Å². The quantitative estimate of drug-likeness (QED) is 0.798. The van der Waals surface area contributed by atoms with Gasteiger partial charge in [-0.1, -0.05) is 13.8 Å². The molecule has 2 N–H and O–H groups in total. The van der Waals surface area contributed by atoms with E-state index in [9.17, 15) is 0 Å². The summed E-state index contributed by atoms with van der Waals surface area (Å²) in [4.78, 5) is 11.5. The van der Waals surface area contributed by atoms with Gasteiger partial charge in [0.15, 0.2) is 5.11 Å². The molecule has 0 spiro atoms. The van der Waals surface area contributed by atoms with E-state index in [1.54, 1.807) is 0 Å². The van der Waals surface area contributed by atoms with Gasteiger partial charge in [0.05, 0.1) is 6.10 Å². The van der Waals surface area contributed by atoms with Gasteiger partial charge in [0.1, 0.15) is 5.82 Å². The molecule has 2 fully saturated rings. The Kier molecular flexibility index (Phi) is 6.06. The van der Waals surface area contributed by atoms with Crippen LogP contribution in [0.3, 0.4) is 0 Å². The maximum Gasteiger partial charge on any atom is 0.231 e. The average molecular weight is 364 g/mol. The maximum atomic E-state index is 5.60. The summed E-state index contributed by atoms with van der Waals surface area (Å²) in [5.74, 6) is 2.91. The van der Waals surface area contributed by atoms with E-state index in [-0.39, 0.29) is 6.10 Å². The fraction of sp³-hybridized carbons (Fsp3) is 0.722. The Labute approximate surface area is 155 Å². The van der Waals surface area contributed by atoms with Crippen LogP contribution in [-0.4, -0.2) is 47.4 Å². The van der Waals surface area contributed by atoms with Crippen molar-refractivity contribution in [2.75, 3.05) is 36.5 Å². The number of hydrogen-bond donors (Lipinski definition) is 2. The van der Waals surface area contributed by atoms with E-state index in [1.807, 2.05) is 6.92 Å². The van der Waals surface area contributed by atoms with Gasteiger partial charge in [0.25, 0.3) is 0 Å². The summed E-state index contributed by atoms with van der Waals surface area (Å²) in [7, 11) is 0. The molecule has 2 aliphatic heterocycles. The van der Waals surface area contributed by atoms with Crippen molar-refractivity contribution in [3.63, 3.8) is 0 Å². The van der Waals surface area contributed by atoms with Crippen molar-refractivity contribution in [2.45, 2.75) is 46.1 Å². The van der Waals surface area contributed by atoms with E-state index >= 15 is 0 Å². The van der Waals surface area contributed by atoms with Gasteiger partial charge in [0.2, 0.25) is 5.95 Å². The van der Waals surface area contributed by atoms with Crippen molar-refractivity contribution in [1.82, 2.24) is 15.3 Å². The van der Waals surface area contributed by atoms with Gasteiger partial charge in [-0.25, -0.2) is 4.98 Å². The van der Waals surface area contributed by atoms with Gasteiger partial charge in [0, 0.05) is 38.0 Å². The number of thiocarbonyl (C=S) groups is 1. The summed E-state index contributed by atoms with van der Waals surface area (Å²) in [6, 6.07) is 2.05. The third-order valence-corrected chi connectivity index (χ3v) is 5.02. The van der Waals surface area contributed by atoms with E-state index in [0.717, 1.165) is 50.6 Å². The van der Waals surface area contributed by atoms with Crippen LogP contribution in [0, 0.1) is 18.8 Å². The minimum absolute atomic E-state index is 0.255. The van der Waals surface area contributed by atoms with Crippen molar-refractivity contribution in [2.24, 2.45) is 11.8 Å². The normalized spacial score (nSPS) is 26.5. The number of aryl methyl sites for hydroxylation is 1. The first-order valence-corrected chi connectivity index (χ1v) is 9.67. The highest BCUT2D eigenvalue weighted by Crippen LogP contribution is 2.26. The Morgan fingerprint density at radius 1 is 1.32 bits per heavy atom. The van der Waals surface area contributed by atoms with Gasteiger partial charge in [-0.05, 0) is 50.2 Å². The summed E-state index contributed by atoms with van der Waals surface area (Å²) in [6.45, 7) is 10.3. The number of rotatable bonds is 4. The minimum atomic E-state index is 0.255. The number of hydrogen-bond acceptors (Lipinski definition) is 5. The largest absolute Gasteiger partial charge is 0.376 e. The lowest BCUT2D eigenvalue weighted by atomic mass is 9.92. The molecule has 0 bridgehead atoms. The molecular weight excluding hydrogens is 334 g/mol. The summed E-state index contributed by atoms with van der Waals surface area (Å²) >= 11 is 5.38. The van der Waals surface area contributed by atoms with Crippen LogP contribution < -0.4 is 15.5 Å². The van der Waals surface area contributed by atoms with Gasteiger partial charge < -0.3 is 20.3 Å². The van der Waals surface area contributed by atoms with Crippen LogP contribution in [-0.2, 0) is 4.74 Å². The number of nitrogens with one attached hydrogen (secondary N) is 2. The molecule has 3 heterocycles. The molecule has 7 heteroatoms. The molecule has 1 aromatic heterocycles. The summed E-state index contributed by atoms with van der Waals surface area (Å²) < 4.78 is 5.60. The number of aromatic nitrogens is 2. The molecule has 0 aliphatic carbocycles. The maximum absolute atomic E-state index is 5.60. The van der Waals surface area contributed by atoms with Crippen molar-refractivity contribution in [3.05, 3.63) is 11.8 Å². The Morgan fingerprint density at radius 2 is 2.08 bits per heavy atom. The van der Waals surface area contributed by atoms with E-state index in [4.69, 9.17) is 21.9 Å². The molecule has 1 aromatic rings. The first-order valence-electron chi connectivity index (χ1n) is 9.26. The topological polar surface area (TPSA) is 62.3 Å². The fourth-order valence-corrected chi connectivity index (χ4v) is 3.95. The number of nitrogens with zero attached hydrogens (tertiary/aromatic N) is 3. The minimum Gasteiger partial charge on any atom is -0.376 e. The van der Waals surface area contributed by atoms with Crippen LogP contribution in [0.25, 0.3) is 0 Å². The highest BCUT2D eigenvalue weighted by atomic mass is 32.1. The van der Waals surface area contributed by atoms with Crippen LogP contribution in [0.2, 0.25) is 0 Å². The third-order valence-electron chi connectivity index (χ3n) is 4.77. The second-order valence-electron chi connectivity index (χ2n) is 7.51. The second kappa shape index (κ2) is 8.27. The molecule has 3 rings (SSSR count). The van der Waals surface area contributed by atoms with Gasteiger partial charge in [-0.2, -0.15) is 4.98 Å². The first kappa shape index (κ1) is 18.3. The fourth-order valence-electron chi connectivity index (χ4n) is 3.78. The van der Waals surface area contributed by atoms with Gasteiger partial charge in [-0.3, -0.25) is 0 Å². The van der Waals surface area contributed by atoms with Crippen LogP contribution in [0.15, 0.2) is 6.07 Å². The monoisotopic (exact) mass is 363 g/mol. The Bertz CT molecular complexity index is 595. The highest BCUT2D eigenvalue weighted by molar-refractivity contribution is 7.80. The average Bonchev–Trinajstić information content (AvgIpc) is 3.05. The van der Waals surface area contributed by atoms with E-state index in [2.05, 4.69) is 40.4 Å². The third kappa shape index (κ3) is 5.25. The second-order valence-corrected chi connectivity index (χ2v) is 7.92. The molecule has 6 nitrogen and oxygen atoms in total. The standard InChI is InChI=1S/C18H29N5OS/c1-12-7-13(2)11-23(10-12)16-8-14(3)20-17(21-16)22-18(25)19-9-15-5-4-6-24-15/h8,12-13,15H,4-7,9-11H2,1-3H3,(H2,19,20,21,22,25)/t12-,13+,15-/m0/s1. The zero-order valence-electron chi connectivity index (χ0n) is 15.4. The molecule has 0 saturated carbocycles. The zero-order chi connectivity index (χ0) is 17.8. The van der Waals surface area contributed by atoms with E-state index in [0.29, 0.717) is 22.9 Å². The zero-order valence-corrected chi connectivity index (χ0v) is 16.2. The Balaban J connectivity index is 1.61. The predicted molar refractivity (Wildman–Crippen MR) is 105 cm³/mol. The van der Waals surface area contributed by atoms with E-state index in [1.165, 1.54) is 6.42 Å². The number of piperidine rings is 1. The number of anilines is 2. The van der Waals surface area contributed by atoms with Crippen LogP contribution >= 0.6 is 12.2 Å². The molecule has 138 valence electrons. The molecule has 2 saturated heterocycles. The highest BCUT2D eigenvalue weighted by Gasteiger charge is 2.23. The molecule has 0 unspecified atom stereocenters. The summed E-state index contributed by atoms with van der Waals surface area (Å²) in [6.07, 6.45) is 3.75. The SMILES string of the molecule is Cc1cc(N2C[C@H](C)C[C@H](C)C2)nc(NC(=S)NC[C@@H]2CCCO2)n1. The van der Waals surface area contributed by atoms with Crippen molar-refractivity contribution in [1.29, 1.82) is 0 Å². The lowest BCUT2D eigenvalue weighted by Gasteiger charge is -2.36. The Morgan fingerprint density at radius 3 is 2.76 bits per heavy atom. The molecule has 0 amide bonds. The molecular formula is C18H29N5OS. The predicted octanol–water partition coefficient (Wildman–Crippen LogP) is 2.73. The summed E-state index contributed by atoms with van der Waals surface area (Å²) in [5, 5.41) is 6.88. The van der Waals surface area contributed by atoms with E-state index < -0.39 is 0 Å². The lowest BCUT2D eigenvalue weighted by Crippen LogP contribution is -2.39. The molecule has 25 heavy (non-hydrogen) atoms. The summed E-state index contributed by atoms with van der Waals surface area (Å²) in [5.41, 5.74) is 0.945. The molecule has 2 aliphatic rings. The lowest BCUT2D eigenvalue weighted by molar-refractivity contribution is 0.114. The van der Waals surface area contributed by atoms with Crippen LogP contribution in [0.1, 0.15) is 38.8 Å². The van der Waals surface area contributed by atoms with Crippen molar-refractivity contribution >= 4 is 29.1 Å². The molecule has 0 radical (unpaired) electrons. The van der Waals surface area contributed by atoms with Crippen LogP contribution in [0.5, 0.6) is 0 Å². The Hall–Kier alpha value is -1.47. The number of ether oxygens (including phenoxy) is 1. The van der Waals surface area contributed by atoms with Crippen molar-refractivity contribution < 1.29 is 4.74 Å². The van der Waals surface area contributed by atoms with Crippen molar-refractivity contribution in [3.8, 4) is 0 Å². The molecule has 3 atom stereocenters. The van der Waals surface area contributed by atoms with Gasteiger partial charge in [-0.15, -0.1) is 0 Å². The van der Waals surface area contributed by atoms with Crippen LogP contribution in [0.4, 0.5) is 11.8 Å². The molecule has 0 aromatic carbocycles.